The second-order valence-electron chi connectivity index (χ2n) is 7.54. The number of phenols is 1. The van der Waals surface area contributed by atoms with E-state index in [0.717, 1.165) is 11.1 Å². The van der Waals surface area contributed by atoms with Crippen molar-refractivity contribution in [1.82, 2.24) is 9.80 Å². The maximum atomic E-state index is 13.1. The Bertz CT molecular complexity index is 914. The van der Waals surface area contributed by atoms with Crippen LogP contribution in [0.2, 0.25) is 0 Å². The Balaban J connectivity index is 1.67. The zero-order chi connectivity index (χ0) is 19.9. The summed E-state index contributed by atoms with van der Waals surface area (Å²) in [7, 11) is 1.82. The Kier molecular flexibility index (Phi) is 4.59. The van der Waals surface area contributed by atoms with Gasteiger partial charge in [0.05, 0.1) is 5.54 Å². The number of piperidine rings is 1. The van der Waals surface area contributed by atoms with Crippen molar-refractivity contribution in [3.8, 4) is 5.75 Å². The van der Waals surface area contributed by atoms with Crippen LogP contribution in [0.15, 0.2) is 48.5 Å². The van der Waals surface area contributed by atoms with E-state index >= 15 is 0 Å². The summed E-state index contributed by atoms with van der Waals surface area (Å²) in [5.74, 6) is -0.106. The number of hydrogen-bond donors (Lipinski definition) is 1. The van der Waals surface area contributed by atoms with Crippen molar-refractivity contribution >= 4 is 11.8 Å². The average Bonchev–Trinajstić information content (AvgIpc) is 2.72. The van der Waals surface area contributed by atoms with Crippen molar-refractivity contribution in [3.63, 3.8) is 0 Å². The van der Waals surface area contributed by atoms with Crippen LogP contribution in [0, 0.1) is 6.92 Å². The van der Waals surface area contributed by atoms with Gasteiger partial charge in [0.15, 0.2) is 0 Å². The lowest BCUT2D eigenvalue weighted by atomic mass is 9.76. The fraction of sp³-hybridized carbons (Fsp3) is 0.364. The first-order valence-corrected chi connectivity index (χ1v) is 9.46. The third-order valence-electron chi connectivity index (χ3n) is 6.07. The topological polar surface area (TPSA) is 70.1 Å². The molecular formula is C22H24N2O4. The summed E-state index contributed by atoms with van der Waals surface area (Å²) in [4.78, 5) is 29.1. The largest absolute Gasteiger partial charge is 0.508 e. The fourth-order valence-electron chi connectivity index (χ4n) is 4.42. The van der Waals surface area contributed by atoms with Gasteiger partial charge in [-0.05, 0) is 36.6 Å². The highest BCUT2D eigenvalue weighted by Crippen LogP contribution is 2.42. The quantitative estimate of drug-likeness (QED) is 0.868. The van der Waals surface area contributed by atoms with Crippen LogP contribution in [-0.2, 0) is 15.1 Å². The molecule has 2 fully saturated rings. The minimum atomic E-state index is -0.582. The molecule has 2 aliphatic rings. The van der Waals surface area contributed by atoms with Crippen molar-refractivity contribution < 1.29 is 19.4 Å². The molecule has 0 aliphatic carbocycles. The molecule has 0 saturated carbocycles. The minimum Gasteiger partial charge on any atom is -0.508 e. The Morgan fingerprint density at radius 1 is 1.21 bits per heavy atom. The molecule has 4 rings (SSSR count). The lowest BCUT2D eigenvalue weighted by Gasteiger charge is -2.54. The molecule has 2 aromatic rings. The number of likely N-dealkylation sites (tertiary alicyclic amines) is 1. The molecule has 2 heterocycles. The van der Waals surface area contributed by atoms with Crippen molar-refractivity contribution in [2.45, 2.75) is 25.0 Å². The molecule has 2 atom stereocenters. The van der Waals surface area contributed by atoms with E-state index < -0.39 is 5.54 Å². The van der Waals surface area contributed by atoms with Crippen LogP contribution in [0.5, 0.6) is 5.75 Å². The smallest absolute Gasteiger partial charge is 0.254 e. The average molecular weight is 380 g/mol. The SMILES string of the molecule is Cc1ccc(O)cc1C(=O)N1CC[C@]2(c3ccccc3)[C@@H](C1)OCC(=O)N2C. The highest BCUT2D eigenvalue weighted by atomic mass is 16.5. The molecule has 0 spiro atoms. The number of morpholine rings is 1. The molecule has 1 N–H and O–H groups in total. The maximum absolute atomic E-state index is 13.1. The molecule has 6 nitrogen and oxygen atoms in total. The van der Waals surface area contributed by atoms with Gasteiger partial charge >= 0.3 is 0 Å². The molecular weight excluding hydrogens is 356 g/mol. The van der Waals surface area contributed by atoms with Crippen molar-refractivity contribution in [1.29, 1.82) is 0 Å². The van der Waals surface area contributed by atoms with Crippen LogP contribution in [0.4, 0.5) is 0 Å². The van der Waals surface area contributed by atoms with E-state index in [1.54, 1.807) is 21.9 Å². The van der Waals surface area contributed by atoms with E-state index in [0.29, 0.717) is 25.1 Å². The predicted octanol–water partition coefficient (Wildman–Crippen LogP) is 2.30. The van der Waals surface area contributed by atoms with Gasteiger partial charge in [-0.1, -0.05) is 36.4 Å². The van der Waals surface area contributed by atoms with Gasteiger partial charge in [-0.25, -0.2) is 0 Å². The van der Waals surface area contributed by atoms with Gasteiger partial charge in [-0.2, -0.15) is 0 Å². The molecule has 28 heavy (non-hydrogen) atoms. The Morgan fingerprint density at radius 2 is 1.96 bits per heavy atom. The van der Waals surface area contributed by atoms with Crippen LogP contribution in [0.3, 0.4) is 0 Å². The summed E-state index contributed by atoms with van der Waals surface area (Å²) < 4.78 is 5.96. The first-order chi connectivity index (χ1) is 13.4. The molecule has 0 unspecified atom stereocenters. The van der Waals surface area contributed by atoms with Crippen LogP contribution in [0.1, 0.15) is 27.9 Å². The van der Waals surface area contributed by atoms with Gasteiger partial charge in [0.1, 0.15) is 18.5 Å². The number of amides is 2. The second kappa shape index (κ2) is 6.95. The molecule has 0 aromatic heterocycles. The summed E-state index contributed by atoms with van der Waals surface area (Å²) in [6.45, 7) is 2.76. The predicted molar refractivity (Wildman–Crippen MR) is 104 cm³/mol. The molecule has 2 saturated heterocycles. The fourth-order valence-corrected chi connectivity index (χ4v) is 4.42. The van der Waals surface area contributed by atoms with Gasteiger partial charge in [-0.15, -0.1) is 0 Å². The molecule has 0 bridgehead atoms. The van der Waals surface area contributed by atoms with Crippen LogP contribution < -0.4 is 0 Å². The van der Waals surface area contributed by atoms with Gasteiger partial charge in [-0.3, -0.25) is 9.59 Å². The van der Waals surface area contributed by atoms with Crippen LogP contribution in [-0.4, -0.2) is 59.6 Å². The monoisotopic (exact) mass is 380 g/mol. The summed E-state index contributed by atoms with van der Waals surface area (Å²) in [5, 5.41) is 9.79. The number of fused-ring (bicyclic) bond motifs is 1. The zero-order valence-electron chi connectivity index (χ0n) is 16.1. The second-order valence-corrected chi connectivity index (χ2v) is 7.54. The standard InChI is InChI=1S/C22H24N2O4/c1-15-8-9-17(25)12-18(15)21(27)24-11-10-22(16-6-4-3-5-7-16)19(13-24)28-14-20(26)23(22)2/h3-9,12,19,25H,10-11,13-14H2,1-2H3/t19-,22+/m1/s1. The Hall–Kier alpha value is -2.86. The number of carbonyl (C=O) groups is 2. The Labute approximate surface area is 164 Å². The number of aromatic hydroxyl groups is 1. The van der Waals surface area contributed by atoms with Gasteiger partial charge < -0.3 is 19.6 Å². The molecule has 0 radical (unpaired) electrons. The van der Waals surface area contributed by atoms with E-state index in [9.17, 15) is 14.7 Å². The molecule has 2 amide bonds. The maximum Gasteiger partial charge on any atom is 0.254 e. The first-order valence-electron chi connectivity index (χ1n) is 9.46. The number of likely N-dealkylation sites (N-methyl/N-ethyl adjacent to an activating group) is 1. The molecule has 6 heteroatoms. The molecule has 146 valence electrons. The minimum absolute atomic E-state index is 0.0168. The van der Waals surface area contributed by atoms with E-state index in [-0.39, 0.29) is 30.3 Å². The van der Waals surface area contributed by atoms with Crippen molar-refractivity contribution in [2.75, 3.05) is 26.7 Å². The van der Waals surface area contributed by atoms with E-state index in [1.165, 1.54) is 6.07 Å². The third-order valence-corrected chi connectivity index (χ3v) is 6.07. The van der Waals surface area contributed by atoms with Crippen LogP contribution >= 0.6 is 0 Å². The lowest BCUT2D eigenvalue weighted by molar-refractivity contribution is -0.180. The lowest BCUT2D eigenvalue weighted by Crippen LogP contribution is -2.67. The number of hydrogen-bond acceptors (Lipinski definition) is 4. The number of rotatable bonds is 2. The number of aryl methyl sites for hydroxylation is 1. The summed E-state index contributed by atoms with van der Waals surface area (Å²) in [5.41, 5.74) is 1.75. The molecule has 2 aliphatic heterocycles. The number of ether oxygens (including phenoxy) is 1. The number of phenolic OH excluding ortho intramolecular Hbond substituents is 1. The highest BCUT2D eigenvalue weighted by molar-refractivity contribution is 5.96. The van der Waals surface area contributed by atoms with E-state index in [1.807, 2.05) is 44.3 Å². The number of carbonyl (C=O) groups excluding carboxylic acids is 2. The molecule has 2 aromatic carbocycles. The first kappa shape index (κ1) is 18.5. The summed E-state index contributed by atoms with van der Waals surface area (Å²) in [6, 6.07) is 14.7. The Morgan fingerprint density at radius 3 is 2.71 bits per heavy atom. The number of nitrogens with zero attached hydrogens (tertiary/aromatic N) is 2. The van der Waals surface area contributed by atoms with Crippen LogP contribution in [0.25, 0.3) is 0 Å². The zero-order valence-corrected chi connectivity index (χ0v) is 16.1. The van der Waals surface area contributed by atoms with Crippen molar-refractivity contribution in [3.05, 3.63) is 65.2 Å². The van der Waals surface area contributed by atoms with Gasteiger partial charge in [0.25, 0.3) is 5.91 Å². The third kappa shape index (κ3) is 2.85. The van der Waals surface area contributed by atoms with Gasteiger partial charge in [0.2, 0.25) is 5.91 Å². The number of benzene rings is 2. The normalized spacial score (nSPS) is 24.8. The van der Waals surface area contributed by atoms with Gasteiger partial charge in [0, 0.05) is 25.7 Å². The van der Waals surface area contributed by atoms with E-state index in [2.05, 4.69) is 0 Å². The summed E-state index contributed by atoms with van der Waals surface area (Å²) >= 11 is 0. The van der Waals surface area contributed by atoms with E-state index in [4.69, 9.17) is 4.74 Å². The van der Waals surface area contributed by atoms with Crippen molar-refractivity contribution in [2.24, 2.45) is 0 Å². The highest BCUT2D eigenvalue weighted by Gasteiger charge is 2.53. The summed E-state index contributed by atoms with van der Waals surface area (Å²) in [6.07, 6.45) is 0.279.